The van der Waals surface area contributed by atoms with Gasteiger partial charge in [-0.25, -0.2) is 0 Å². The summed E-state index contributed by atoms with van der Waals surface area (Å²) in [6.07, 6.45) is 3.64. The molecule has 0 saturated heterocycles. The normalized spacial score (nSPS) is 12.7. The van der Waals surface area contributed by atoms with Crippen molar-refractivity contribution in [3.8, 4) is 0 Å². The van der Waals surface area contributed by atoms with E-state index in [-0.39, 0.29) is 6.04 Å². The number of benzene rings is 1. The molecular formula is C16H15ClN2O. The maximum atomic E-state index is 6.18. The van der Waals surface area contributed by atoms with Crippen LogP contribution in [0, 0.1) is 0 Å². The third-order valence-electron chi connectivity index (χ3n) is 3.42. The minimum Gasteiger partial charge on any atom is -0.444 e. The zero-order chi connectivity index (χ0) is 13.9. The average molecular weight is 287 g/mol. The van der Waals surface area contributed by atoms with E-state index in [4.69, 9.17) is 16.0 Å². The molecule has 102 valence electrons. The van der Waals surface area contributed by atoms with Crippen molar-refractivity contribution >= 4 is 22.6 Å². The van der Waals surface area contributed by atoms with E-state index < -0.39 is 0 Å². The summed E-state index contributed by atoms with van der Waals surface area (Å²) >= 11 is 6.18. The number of hydrogen-bond acceptors (Lipinski definition) is 3. The Kier molecular flexibility index (Phi) is 3.72. The number of halogens is 1. The first-order valence-electron chi connectivity index (χ1n) is 6.55. The number of furan rings is 1. The van der Waals surface area contributed by atoms with Crippen LogP contribution in [0.25, 0.3) is 11.0 Å². The largest absolute Gasteiger partial charge is 0.444 e. The molecule has 1 N–H and O–H groups in total. The molecule has 20 heavy (non-hydrogen) atoms. The van der Waals surface area contributed by atoms with Gasteiger partial charge in [-0.3, -0.25) is 4.98 Å². The van der Waals surface area contributed by atoms with E-state index in [9.17, 15) is 0 Å². The van der Waals surface area contributed by atoms with Crippen LogP contribution in [0.3, 0.4) is 0 Å². The number of para-hydroxylation sites is 1. The van der Waals surface area contributed by atoms with Crippen LogP contribution in [0.2, 0.25) is 5.22 Å². The first-order valence-corrected chi connectivity index (χ1v) is 6.92. The Bertz CT molecular complexity index is 709. The van der Waals surface area contributed by atoms with Gasteiger partial charge in [-0.1, -0.05) is 24.3 Å². The molecule has 0 aliphatic rings. The molecule has 2 aromatic heterocycles. The van der Waals surface area contributed by atoms with E-state index in [1.165, 1.54) is 0 Å². The van der Waals surface area contributed by atoms with Gasteiger partial charge in [0.25, 0.3) is 0 Å². The fraction of sp³-hybridized carbons (Fsp3) is 0.188. The van der Waals surface area contributed by atoms with Gasteiger partial charge >= 0.3 is 0 Å². The lowest BCUT2D eigenvalue weighted by molar-refractivity contribution is 0.562. The maximum Gasteiger partial charge on any atom is 0.199 e. The number of rotatable bonds is 4. The van der Waals surface area contributed by atoms with Crippen LogP contribution in [-0.2, 0) is 6.54 Å². The van der Waals surface area contributed by atoms with E-state index in [1.807, 2.05) is 36.5 Å². The van der Waals surface area contributed by atoms with E-state index in [2.05, 4.69) is 23.3 Å². The summed E-state index contributed by atoms with van der Waals surface area (Å²) < 4.78 is 5.55. The molecule has 0 amide bonds. The van der Waals surface area contributed by atoms with Gasteiger partial charge in [-0.15, -0.1) is 0 Å². The van der Waals surface area contributed by atoms with Crippen LogP contribution < -0.4 is 5.32 Å². The number of pyridine rings is 1. The summed E-state index contributed by atoms with van der Waals surface area (Å²) in [6, 6.07) is 12.1. The second-order valence-electron chi connectivity index (χ2n) is 4.74. The van der Waals surface area contributed by atoms with Crippen molar-refractivity contribution in [1.29, 1.82) is 0 Å². The lowest BCUT2D eigenvalue weighted by atomic mass is 10.1. The van der Waals surface area contributed by atoms with E-state index >= 15 is 0 Å². The summed E-state index contributed by atoms with van der Waals surface area (Å²) in [4.78, 5) is 4.13. The smallest absolute Gasteiger partial charge is 0.199 e. The lowest BCUT2D eigenvalue weighted by Crippen LogP contribution is -2.18. The summed E-state index contributed by atoms with van der Waals surface area (Å²) in [5.41, 5.74) is 2.97. The summed E-state index contributed by atoms with van der Waals surface area (Å²) in [5.74, 6) is 0. The fourth-order valence-electron chi connectivity index (χ4n) is 2.24. The predicted octanol–water partition coefficient (Wildman–Crippen LogP) is 4.33. The standard InChI is InChI=1S/C16H15ClN2O/c1-11(12-5-4-8-18-9-12)19-10-14-13-6-2-3-7-15(13)20-16(14)17/h2-9,11,19H,10H2,1H3/t11-/m1/s1. The molecule has 0 saturated carbocycles. The van der Waals surface area contributed by atoms with E-state index in [0.717, 1.165) is 22.1 Å². The second-order valence-corrected chi connectivity index (χ2v) is 5.08. The molecule has 3 rings (SSSR count). The average Bonchev–Trinajstić information content (AvgIpc) is 2.81. The van der Waals surface area contributed by atoms with Gasteiger partial charge in [0.2, 0.25) is 0 Å². The van der Waals surface area contributed by atoms with Crippen LogP contribution in [-0.4, -0.2) is 4.98 Å². The van der Waals surface area contributed by atoms with Crippen molar-refractivity contribution in [3.63, 3.8) is 0 Å². The number of nitrogens with one attached hydrogen (secondary N) is 1. The summed E-state index contributed by atoms with van der Waals surface area (Å²) in [6.45, 7) is 2.76. The molecule has 0 unspecified atom stereocenters. The molecule has 0 fully saturated rings. The Labute approximate surface area is 122 Å². The van der Waals surface area contributed by atoms with Crippen LogP contribution in [0.1, 0.15) is 24.1 Å². The zero-order valence-electron chi connectivity index (χ0n) is 11.1. The minimum atomic E-state index is 0.202. The quantitative estimate of drug-likeness (QED) is 0.775. The number of fused-ring (bicyclic) bond motifs is 1. The molecule has 0 aliphatic heterocycles. The summed E-state index contributed by atoms with van der Waals surface area (Å²) in [5, 5.41) is 4.96. The molecule has 3 aromatic rings. The van der Waals surface area contributed by atoms with Crippen molar-refractivity contribution in [3.05, 3.63) is 65.1 Å². The van der Waals surface area contributed by atoms with Gasteiger partial charge in [-0.2, -0.15) is 0 Å². The monoisotopic (exact) mass is 286 g/mol. The molecular weight excluding hydrogens is 272 g/mol. The molecule has 3 nitrogen and oxygen atoms in total. The third kappa shape index (κ3) is 2.55. The van der Waals surface area contributed by atoms with Crippen molar-refractivity contribution in [2.45, 2.75) is 19.5 Å². The Morgan fingerprint density at radius 3 is 2.90 bits per heavy atom. The first kappa shape index (κ1) is 13.2. The van der Waals surface area contributed by atoms with Gasteiger partial charge in [0, 0.05) is 35.9 Å². The highest BCUT2D eigenvalue weighted by Gasteiger charge is 2.13. The second kappa shape index (κ2) is 5.65. The Hall–Kier alpha value is -1.84. The van der Waals surface area contributed by atoms with Crippen molar-refractivity contribution in [2.75, 3.05) is 0 Å². The molecule has 0 spiro atoms. The van der Waals surface area contributed by atoms with E-state index in [0.29, 0.717) is 11.8 Å². The Balaban J connectivity index is 1.79. The van der Waals surface area contributed by atoms with Crippen LogP contribution in [0.4, 0.5) is 0 Å². The van der Waals surface area contributed by atoms with Gasteiger partial charge in [0.05, 0.1) is 0 Å². The molecule has 0 radical (unpaired) electrons. The lowest BCUT2D eigenvalue weighted by Gasteiger charge is -2.13. The molecule has 4 heteroatoms. The highest BCUT2D eigenvalue weighted by molar-refractivity contribution is 6.30. The highest BCUT2D eigenvalue weighted by atomic mass is 35.5. The summed E-state index contributed by atoms with van der Waals surface area (Å²) in [7, 11) is 0. The number of aromatic nitrogens is 1. The molecule has 0 bridgehead atoms. The van der Waals surface area contributed by atoms with Crippen molar-refractivity contribution in [1.82, 2.24) is 10.3 Å². The molecule has 1 atom stereocenters. The maximum absolute atomic E-state index is 6.18. The van der Waals surface area contributed by atoms with Gasteiger partial charge in [-0.05, 0) is 36.2 Å². The van der Waals surface area contributed by atoms with Gasteiger partial charge in [0.15, 0.2) is 5.22 Å². The molecule has 0 aliphatic carbocycles. The SMILES string of the molecule is C[C@@H](NCc1c(Cl)oc2ccccc12)c1cccnc1. The topological polar surface area (TPSA) is 38.1 Å². The molecule has 1 aromatic carbocycles. The zero-order valence-corrected chi connectivity index (χ0v) is 11.9. The van der Waals surface area contributed by atoms with Crippen LogP contribution >= 0.6 is 11.6 Å². The number of hydrogen-bond donors (Lipinski definition) is 1. The van der Waals surface area contributed by atoms with Crippen molar-refractivity contribution < 1.29 is 4.42 Å². The minimum absolute atomic E-state index is 0.202. The molecule has 2 heterocycles. The predicted molar refractivity (Wildman–Crippen MR) is 80.7 cm³/mol. The third-order valence-corrected chi connectivity index (χ3v) is 3.72. The van der Waals surface area contributed by atoms with Gasteiger partial charge < -0.3 is 9.73 Å². The van der Waals surface area contributed by atoms with Crippen LogP contribution in [0.5, 0.6) is 0 Å². The Morgan fingerprint density at radius 2 is 2.10 bits per heavy atom. The Morgan fingerprint density at radius 1 is 1.25 bits per heavy atom. The fourth-order valence-corrected chi connectivity index (χ4v) is 2.49. The first-order chi connectivity index (χ1) is 9.75. The highest BCUT2D eigenvalue weighted by Crippen LogP contribution is 2.29. The number of nitrogens with zero attached hydrogens (tertiary/aromatic N) is 1. The van der Waals surface area contributed by atoms with Gasteiger partial charge in [0.1, 0.15) is 5.58 Å². The van der Waals surface area contributed by atoms with Crippen molar-refractivity contribution in [2.24, 2.45) is 0 Å². The van der Waals surface area contributed by atoms with E-state index in [1.54, 1.807) is 6.20 Å². The van der Waals surface area contributed by atoms with Crippen LogP contribution in [0.15, 0.2) is 53.2 Å².